The number of hydrazone groups is 1. The quantitative estimate of drug-likeness (QED) is 0.328. The molecular weight excluding hydrogens is 426 g/mol. The first-order chi connectivity index (χ1) is 15.3. The van der Waals surface area contributed by atoms with Crippen molar-refractivity contribution >= 4 is 41.4 Å². The summed E-state index contributed by atoms with van der Waals surface area (Å²) in [4.78, 5) is 27.6. The molecule has 0 aliphatic carbocycles. The molecule has 2 aromatic carbocycles. The van der Waals surface area contributed by atoms with Crippen LogP contribution in [-0.4, -0.2) is 36.7 Å². The van der Waals surface area contributed by atoms with E-state index in [0.717, 1.165) is 16.9 Å². The fourth-order valence-corrected chi connectivity index (χ4v) is 3.08. The van der Waals surface area contributed by atoms with E-state index in [2.05, 4.69) is 15.8 Å². The highest BCUT2D eigenvalue weighted by Gasteiger charge is 2.16. The standard InChI is InChI=1S/C24H24ClN5O2/c1-29(2)18-12-10-17(11-13-18)15-22(27-23(31)20-8-4-5-9-21(20)25)24(32)28-26-16-19-7-6-14-30(19)3/h4-16H,1-3H3,(H,27,31)(H,28,32)/b22-15+,26-16+. The summed E-state index contributed by atoms with van der Waals surface area (Å²) in [6.07, 6.45) is 4.98. The van der Waals surface area contributed by atoms with E-state index in [-0.39, 0.29) is 11.3 Å². The third-order valence-electron chi connectivity index (χ3n) is 4.68. The van der Waals surface area contributed by atoms with Gasteiger partial charge in [-0.3, -0.25) is 9.59 Å². The van der Waals surface area contributed by atoms with Crippen molar-refractivity contribution in [2.45, 2.75) is 0 Å². The van der Waals surface area contributed by atoms with Crippen LogP contribution in [0.4, 0.5) is 5.69 Å². The molecule has 32 heavy (non-hydrogen) atoms. The summed E-state index contributed by atoms with van der Waals surface area (Å²) in [5.74, 6) is -1.05. The first kappa shape index (κ1) is 22.8. The number of aromatic nitrogens is 1. The molecule has 0 spiro atoms. The van der Waals surface area contributed by atoms with E-state index in [0.29, 0.717) is 5.02 Å². The molecule has 3 aromatic rings. The van der Waals surface area contributed by atoms with Crippen LogP contribution in [0.1, 0.15) is 21.6 Å². The van der Waals surface area contributed by atoms with Crippen molar-refractivity contribution in [3.8, 4) is 0 Å². The summed E-state index contributed by atoms with van der Waals surface area (Å²) >= 11 is 6.13. The Balaban J connectivity index is 1.85. The molecule has 0 bridgehead atoms. The summed E-state index contributed by atoms with van der Waals surface area (Å²) < 4.78 is 1.86. The minimum absolute atomic E-state index is 0.0385. The Hall–Kier alpha value is -3.84. The monoisotopic (exact) mass is 449 g/mol. The maximum Gasteiger partial charge on any atom is 0.287 e. The van der Waals surface area contributed by atoms with E-state index in [1.54, 1.807) is 30.3 Å². The zero-order valence-corrected chi connectivity index (χ0v) is 18.8. The van der Waals surface area contributed by atoms with Gasteiger partial charge in [-0.15, -0.1) is 0 Å². The second-order valence-corrected chi connectivity index (χ2v) is 7.63. The highest BCUT2D eigenvalue weighted by Crippen LogP contribution is 2.17. The number of benzene rings is 2. The summed E-state index contributed by atoms with van der Waals surface area (Å²) in [5, 5.41) is 6.95. The number of amides is 2. The maximum atomic E-state index is 12.8. The molecule has 0 radical (unpaired) electrons. The molecule has 0 fully saturated rings. The van der Waals surface area contributed by atoms with Crippen LogP contribution in [0.5, 0.6) is 0 Å². The van der Waals surface area contributed by atoms with Gasteiger partial charge in [-0.2, -0.15) is 5.10 Å². The molecule has 0 atom stereocenters. The van der Waals surface area contributed by atoms with Gasteiger partial charge in [0.25, 0.3) is 11.8 Å². The number of anilines is 1. The summed E-state index contributed by atoms with van der Waals surface area (Å²) in [5.41, 5.74) is 5.34. The van der Waals surface area contributed by atoms with Gasteiger partial charge in [-0.05, 0) is 48.0 Å². The van der Waals surface area contributed by atoms with Gasteiger partial charge in [-0.25, -0.2) is 5.43 Å². The van der Waals surface area contributed by atoms with Crippen LogP contribution in [0.2, 0.25) is 5.02 Å². The van der Waals surface area contributed by atoms with Gasteiger partial charge in [0.1, 0.15) is 5.70 Å². The van der Waals surface area contributed by atoms with Crippen LogP contribution in [0.3, 0.4) is 0 Å². The predicted molar refractivity (Wildman–Crippen MR) is 129 cm³/mol. The van der Waals surface area contributed by atoms with Crippen LogP contribution in [0.15, 0.2) is 77.7 Å². The van der Waals surface area contributed by atoms with Crippen LogP contribution in [0.25, 0.3) is 6.08 Å². The molecule has 8 heteroatoms. The second kappa shape index (κ2) is 10.5. The Kier molecular flexibility index (Phi) is 7.46. The van der Waals surface area contributed by atoms with E-state index in [9.17, 15) is 9.59 Å². The normalized spacial score (nSPS) is 11.4. The minimum Gasteiger partial charge on any atom is -0.378 e. The van der Waals surface area contributed by atoms with Gasteiger partial charge < -0.3 is 14.8 Å². The van der Waals surface area contributed by atoms with Gasteiger partial charge in [0.2, 0.25) is 0 Å². The number of nitrogens with one attached hydrogen (secondary N) is 2. The van der Waals surface area contributed by atoms with E-state index in [4.69, 9.17) is 11.6 Å². The van der Waals surface area contributed by atoms with Gasteiger partial charge >= 0.3 is 0 Å². The Morgan fingerprint density at radius 1 is 1.03 bits per heavy atom. The third-order valence-corrected chi connectivity index (χ3v) is 5.01. The van der Waals surface area contributed by atoms with E-state index in [1.807, 2.05) is 73.2 Å². The topological polar surface area (TPSA) is 78.7 Å². The van der Waals surface area contributed by atoms with Crippen LogP contribution < -0.4 is 15.6 Å². The van der Waals surface area contributed by atoms with Crippen molar-refractivity contribution < 1.29 is 9.59 Å². The maximum absolute atomic E-state index is 12.8. The van der Waals surface area contributed by atoms with Crippen molar-refractivity contribution in [1.29, 1.82) is 0 Å². The minimum atomic E-state index is -0.562. The third kappa shape index (κ3) is 5.86. The Morgan fingerprint density at radius 3 is 2.38 bits per heavy atom. The van der Waals surface area contributed by atoms with Crippen molar-refractivity contribution in [2.24, 2.45) is 12.1 Å². The number of carbonyl (C=O) groups is 2. The number of carbonyl (C=O) groups excluding carboxylic acids is 2. The van der Waals surface area contributed by atoms with Crippen molar-refractivity contribution in [3.05, 3.63) is 94.4 Å². The smallest absolute Gasteiger partial charge is 0.287 e. The van der Waals surface area contributed by atoms with Gasteiger partial charge in [0, 0.05) is 33.0 Å². The Labute approximate surface area is 192 Å². The molecule has 1 heterocycles. The Morgan fingerprint density at radius 2 is 1.75 bits per heavy atom. The first-order valence-electron chi connectivity index (χ1n) is 9.85. The van der Waals surface area contributed by atoms with Crippen LogP contribution in [-0.2, 0) is 11.8 Å². The second-order valence-electron chi connectivity index (χ2n) is 7.22. The lowest BCUT2D eigenvalue weighted by Gasteiger charge is -2.13. The number of aryl methyl sites for hydroxylation is 1. The zero-order chi connectivity index (χ0) is 23.1. The van der Waals surface area contributed by atoms with Crippen LogP contribution in [0, 0.1) is 0 Å². The average molecular weight is 450 g/mol. The van der Waals surface area contributed by atoms with E-state index >= 15 is 0 Å². The summed E-state index contributed by atoms with van der Waals surface area (Å²) in [7, 11) is 5.76. The molecule has 3 rings (SSSR count). The molecule has 0 saturated carbocycles. The van der Waals surface area contributed by atoms with Crippen LogP contribution >= 0.6 is 11.6 Å². The zero-order valence-electron chi connectivity index (χ0n) is 18.0. The van der Waals surface area contributed by atoms with Gasteiger partial charge in [0.15, 0.2) is 0 Å². The van der Waals surface area contributed by atoms with Crippen molar-refractivity contribution in [3.63, 3.8) is 0 Å². The molecule has 7 nitrogen and oxygen atoms in total. The number of hydrogen-bond acceptors (Lipinski definition) is 4. The highest BCUT2D eigenvalue weighted by molar-refractivity contribution is 6.34. The number of halogens is 1. The van der Waals surface area contributed by atoms with Crippen molar-refractivity contribution in [2.75, 3.05) is 19.0 Å². The largest absolute Gasteiger partial charge is 0.378 e. The molecule has 0 saturated heterocycles. The molecule has 2 N–H and O–H groups in total. The average Bonchev–Trinajstić information content (AvgIpc) is 3.18. The Bertz CT molecular complexity index is 1160. The number of rotatable bonds is 7. The van der Waals surface area contributed by atoms with E-state index < -0.39 is 11.8 Å². The lowest BCUT2D eigenvalue weighted by Crippen LogP contribution is -2.33. The SMILES string of the molecule is CN(C)c1ccc(/C=C(/NC(=O)c2ccccc2Cl)C(=O)N/N=C/c2cccn2C)cc1. The molecule has 0 aliphatic rings. The molecule has 164 valence electrons. The van der Waals surface area contributed by atoms with Crippen molar-refractivity contribution in [1.82, 2.24) is 15.3 Å². The molecule has 0 aliphatic heterocycles. The van der Waals surface area contributed by atoms with Gasteiger partial charge in [0.05, 0.1) is 22.5 Å². The lowest BCUT2D eigenvalue weighted by atomic mass is 10.1. The molecular formula is C24H24ClN5O2. The number of nitrogens with zero attached hydrogens (tertiary/aromatic N) is 3. The predicted octanol–water partition coefficient (Wildman–Crippen LogP) is 3.67. The molecule has 1 aromatic heterocycles. The molecule has 0 unspecified atom stereocenters. The molecule has 2 amide bonds. The lowest BCUT2D eigenvalue weighted by molar-refractivity contribution is -0.117. The first-order valence-corrected chi connectivity index (χ1v) is 10.2. The van der Waals surface area contributed by atoms with E-state index in [1.165, 1.54) is 6.21 Å². The summed E-state index contributed by atoms with van der Waals surface area (Å²) in [6, 6.07) is 17.9. The van der Waals surface area contributed by atoms with Gasteiger partial charge in [-0.1, -0.05) is 35.9 Å². The highest BCUT2D eigenvalue weighted by atomic mass is 35.5. The fraction of sp³-hybridized carbons (Fsp3) is 0.125. The fourth-order valence-electron chi connectivity index (χ4n) is 2.85. The summed E-state index contributed by atoms with van der Waals surface area (Å²) in [6.45, 7) is 0. The number of hydrogen-bond donors (Lipinski definition) is 2.